The summed E-state index contributed by atoms with van der Waals surface area (Å²) in [4.78, 5) is 20.2. The first kappa shape index (κ1) is 20.0. The molecule has 9 heteroatoms. The first-order chi connectivity index (χ1) is 13.9. The van der Waals surface area contributed by atoms with Crippen LogP contribution in [0.1, 0.15) is 10.4 Å². The van der Waals surface area contributed by atoms with Gasteiger partial charge in [-0.2, -0.15) is 0 Å². The van der Waals surface area contributed by atoms with E-state index in [9.17, 15) is 4.79 Å². The van der Waals surface area contributed by atoms with Gasteiger partial charge < -0.3 is 15.6 Å². The fourth-order valence-corrected chi connectivity index (χ4v) is 3.74. The van der Waals surface area contributed by atoms with Crippen LogP contribution < -0.4 is 10.6 Å². The molecule has 0 atom stereocenters. The maximum Gasteiger partial charge on any atom is 0.257 e. The van der Waals surface area contributed by atoms with Gasteiger partial charge in [0.2, 0.25) is 5.95 Å². The van der Waals surface area contributed by atoms with Crippen LogP contribution in [0.2, 0.25) is 15.1 Å². The zero-order chi connectivity index (χ0) is 20.5. The molecule has 0 saturated heterocycles. The van der Waals surface area contributed by atoms with Crippen LogP contribution in [0.3, 0.4) is 0 Å². The van der Waals surface area contributed by atoms with Crippen molar-refractivity contribution in [3.05, 3.63) is 79.7 Å². The third kappa shape index (κ3) is 4.36. The number of H-pyrrole nitrogens is 1. The van der Waals surface area contributed by atoms with Gasteiger partial charge in [-0.15, -0.1) is 0 Å². The molecule has 4 aromatic rings. The van der Waals surface area contributed by atoms with Crippen molar-refractivity contribution in [3.8, 4) is 0 Å². The molecule has 0 aliphatic rings. The van der Waals surface area contributed by atoms with E-state index in [1.165, 1.54) is 0 Å². The Morgan fingerprint density at radius 2 is 1.66 bits per heavy atom. The lowest BCUT2D eigenvalue weighted by molar-refractivity contribution is 0.102. The second kappa shape index (κ2) is 8.24. The molecule has 3 N–H and O–H groups in total. The number of hydrogen-bond acceptors (Lipinski definition) is 3. The van der Waals surface area contributed by atoms with Gasteiger partial charge in [-0.1, -0.05) is 56.8 Å². The van der Waals surface area contributed by atoms with E-state index in [0.717, 1.165) is 4.47 Å². The van der Waals surface area contributed by atoms with Crippen molar-refractivity contribution in [3.63, 3.8) is 0 Å². The van der Waals surface area contributed by atoms with Crippen LogP contribution >= 0.6 is 50.7 Å². The van der Waals surface area contributed by atoms with Gasteiger partial charge in [0, 0.05) is 10.2 Å². The third-order valence-electron chi connectivity index (χ3n) is 4.12. The van der Waals surface area contributed by atoms with E-state index < -0.39 is 0 Å². The molecule has 0 aliphatic carbocycles. The van der Waals surface area contributed by atoms with Crippen LogP contribution in [-0.2, 0) is 0 Å². The summed E-state index contributed by atoms with van der Waals surface area (Å²) in [5.74, 6) is 0.0995. The van der Waals surface area contributed by atoms with Gasteiger partial charge in [-0.3, -0.25) is 4.79 Å². The van der Waals surface area contributed by atoms with E-state index in [4.69, 9.17) is 34.8 Å². The molecule has 1 heterocycles. The molecule has 0 spiro atoms. The Morgan fingerprint density at radius 1 is 0.966 bits per heavy atom. The minimum Gasteiger partial charge on any atom is -0.324 e. The van der Waals surface area contributed by atoms with Crippen LogP contribution in [0.4, 0.5) is 17.3 Å². The average molecular weight is 511 g/mol. The highest BCUT2D eigenvalue weighted by atomic mass is 79.9. The van der Waals surface area contributed by atoms with Crippen molar-refractivity contribution in [1.29, 1.82) is 0 Å². The molecule has 1 aromatic heterocycles. The first-order valence-corrected chi connectivity index (χ1v) is 10.3. The summed E-state index contributed by atoms with van der Waals surface area (Å²) < 4.78 is 0.921. The zero-order valence-corrected chi connectivity index (χ0v) is 18.4. The van der Waals surface area contributed by atoms with Crippen molar-refractivity contribution >= 4 is 85.0 Å². The Kier molecular flexibility index (Phi) is 5.69. The Hall–Kier alpha value is -2.25. The number of aromatic amines is 1. The summed E-state index contributed by atoms with van der Waals surface area (Å²) in [7, 11) is 0. The van der Waals surface area contributed by atoms with Crippen LogP contribution in [0.15, 0.2) is 59.1 Å². The number of benzene rings is 3. The molecule has 4 rings (SSSR count). The smallest absolute Gasteiger partial charge is 0.257 e. The topological polar surface area (TPSA) is 69.8 Å². The molecule has 0 bridgehead atoms. The Balaban J connectivity index is 1.63. The lowest BCUT2D eigenvalue weighted by atomic mass is 10.2. The second-order valence-corrected chi connectivity index (χ2v) is 8.25. The summed E-state index contributed by atoms with van der Waals surface area (Å²) in [6.07, 6.45) is 0. The molecule has 0 fully saturated rings. The number of rotatable bonds is 4. The van der Waals surface area contributed by atoms with Crippen LogP contribution in [0.25, 0.3) is 11.0 Å². The average Bonchev–Trinajstić information content (AvgIpc) is 3.07. The highest BCUT2D eigenvalue weighted by molar-refractivity contribution is 9.10. The second-order valence-electron chi connectivity index (χ2n) is 6.12. The van der Waals surface area contributed by atoms with E-state index in [2.05, 4.69) is 36.5 Å². The van der Waals surface area contributed by atoms with Crippen LogP contribution in [0, 0.1) is 0 Å². The number of fused-ring (bicyclic) bond motifs is 1. The fraction of sp³-hybridized carbons (Fsp3) is 0. The van der Waals surface area contributed by atoms with E-state index in [1.807, 2.05) is 12.1 Å². The van der Waals surface area contributed by atoms with Gasteiger partial charge in [0.1, 0.15) is 0 Å². The highest BCUT2D eigenvalue weighted by Crippen LogP contribution is 2.33. The van der Waals surface area contributed by atoms with Crippen molar-refractivity contribution in [2.45, 2.75) is 0 Å². The maximum atomic E-state index is 12.7. The molecular formula is C20H12BrCl3N4O. The third-order valence-corrected chi connectivity index (χ3v) is 5.59. The predicted octanol–water partition coefficient (Wildman–Crippen LogP) is 7.28. The number of nitrogens with one attached hydrogen (secondary N) is 3. The monoisotopic (exact) mass is 508 g/mol. The summed E-state index contributed by atoms with van der Waals surface area (Å²) in [6.45, 7) is 0. The molecule has 1 amide bonds. The molecule has 0 aliphatic heterocycles. The number of imidazole rings is 1. The number of amides is 1. The Labute approximate surface area is 189 Å². The van der Waals surface area contributed by atoms with Gasteiger partial charge in [0.15, 0.2) is 0 Å². The number of carbonyl (C=O) groups is 1. The summed E-state index contributed by atoms with van der Waals surface area (Å²) in [5, 5.41) is 7.12. The van der Waals surface area contributed by atoms with Crippen LogP contribution in [-0.4, -0.2) is 15.9 Å². The number of carbonyl (C=O) groups excluding carboxylic acids is 1. The quantitative estimate of drug-likeness (QED) is 0.270. The van der Waals surface area contributed by atoms with Crippen molar-refractivity contribution in [1.82, 2.24) is 9.97 Å². The zero-order valence-electron chi connectivity index (χ0n) is 14.6. The van der Waals surface area contributed by atoms with E-state index in [-0.39, 0.29) is 5.91 Å². The molecule has 0 unspecified atom stereocenters. The molecule has 146 valence electrons. The highest BCUT2D eigenvalue weighted by Gasteiger charge is 2.15. The Morgan fingerprint density at radius 3 is 2.34 bits per heavy atom. The Bertz CT molecular complexity index is 1200. The van der Waals surface area contributed by atoms with Gasteiger partial charge in [-0.05, 0) is 48.5 Å². The van der Waals surface area contributed by atoms with E-state index >= 15 is 0 Å². The van der Waals surface area contributed by atoms with Gasteiger partial charge in [0.05, 0.1) is 37.4 Å². The standard InChI is InChI=1S/C20H12BrCl3N4O/c21-10-4-6-11(7-5-10)25-19(29)12-8-16-17(9-15(12)24)27-20(26-16)28-18-13(22)2-1-3-14(18)23/h1-9H,(H,25,29)(H2,26,27,28). The van der Waals surface area contributed by atoms with Gasteiger partial charge in [-0.25, -0.2) is 4.98 Å². The molecular weight excluding hydrogens is 499 g/mol. The summed E-state index contributed by atoms with van der Waals surface area (Å²) in [5.41, 5.74) is 2.75. The van der Waals surface area contributed by atoms with Gasteiger partial charge >= 0.3 is 0 Å². The minimum atomic E-state index is -0.328. The lowest BCUT2D eigenvalue weighted by Gasteiger charge is -2.07. The number of hydrogen-bond donors (Lipinski definition) is 3. The summed E-state index contributed by atoms with van der Waals surface area (Å²) >= 11 is 22.1. The van der Waals surface area contributed by atoms with Crippen molar-refractivity contribution in [2.75, 3.05) is 10.6 Å². The molecule has 3 aromatic carbocycles. The number of nitrogens with zero attached hydrogens (tertiary/aromatic N) is 1. The molecule has 0 radical (unpaired) electrons. The largest absolute Gasteiger partial charge is 0.324 e. The lowest BCUT2D eigenvalue weighted by Crippen LogP contribution is -2.12. The number of aromatic nitrogens is 2. The molecule has 5 nitrogen and oxygen atoms in total. The normalized spacial score (nSPS) is 10.9. The van der Waals surface area contributed by atoms with Crippen molar-refractivity contribution in [2.24, 2.45) is 0 Å². The first-order valence-electron chi connectivity index (χ1n) is 8.38. The predicted molar refractivity (Wildman–Crippen MR) is 123 cm³/mol. The molecule has 0 saturated carbocycles. The number of halogens is 4. The SMILES string of the molecule is O=C(Nc1ccc(Br)cc1)c1cc2nc(Nc3c(Cl)cccc3Cl)[nH]c2cc1Cl. The van der Waals surface area contributed by atoms with Gasteiger partial charge in [0.25, 0.3) is 5.91 Å². The van der Waals surface area contributed by atoms with Crippen LogP contribution in [0.5, 0.6) is 0 Å². The minimum absolute atomic E-state index is 0.304. The maximum absolute atomic E-state index is 12.7. The number of para-hydroxylation sites is 1. The summed E-state index contributed by atoms with van der Waals surface area (Å²) in [6, 6.07) is 15.7. The number of anilines is 3. The fourth-order valence-electron chi connectivity index (χ4n) is 2.73. The molecule has 29 heavy (non-hydrogen) atoms. The van der Waals surface area contributed by atoms with Crippen molar-refractivity contribution < 1.29 is 4.79 Å². The van der Waals surface area contributed by atoms with E-state index in [0.29, 0.717) is 49.0 Å². The van der Waals surface area contributed by atoms with E-state index in [1.54, 1.807) is 42.5 Å².